The second-order valence-corrected chi connectivity index (χ2v) is 8.33. The van der Waals surface area contributed by atoms with Crippen molar-refractivity contribution in [3.63, 3.8) is 0 Å². The zero-order chi connectivity index (χ0) is 21.6. The third-order valence-corrected chi connectivity index (χ3v) is 5.93. The average Bonchev–Trinajstić information content (AvgIpc) is 3.41. The number of fused-ring (bicyclic) bond motifs is 1. The largest absolute Gasteiger partial charge is 0.497 e. The molecular formula is C23H35IN6O2. The number of hydrogen-bond acceptors (Lipinski definition) is 5. The fourth-order valence-corrected chi connectivity index (χ4v) is 4.32. The van der Waals surface area contributed by atoms with Gasteiger partial charge in [-0.1, -0.05) is 0 Å². The molecule has 0 saturated heterocycles. The van der Waals surface area contributed by atoms with Crippen molar-refractivity contribution in [2.75, 3.05) is 13.7 Å². The number of rotatable bonds is 7. The van der Waals surface area contributed by atoms with Gasteiger partial charge in [-0.25, -0.2) is 14.7 Å². The summed E-state index contributed by atoms with van der Waals surface area (Å²) in [6, 6.07) is 6.29. The van der Waals surface area contributed by atoms with E-state index in [-0.39, 0.29) is 30.0 Å². The Kier molecular flexibility index (Phi) is 9.01. The zero-order valence-corrected chi connectivity index (χ0v) is 21.6. The highest BCUT2D eigenvalue weighted by molar-refractivity contribution is 14.0. The van der Waals surface area contributed by atoms with E-state index in [2.05, 4.69) is 33.7 Å². The Balaban J connectivity index is 0.00000289. The van der Waals surface area contributed by atoms with E-state index < -0.39 is 0 Å². The van der Waals surface area contributed by atoms with Gasteiger partial charge < -0.3 is 20.1 Å². The fourth-order valence-electron chi connectivity index (χ4n) is 4.32. The normalized spacial score (nSPS) is 18.6. The van der Waals surface area contributed by atoms with Gasteiger partial charge in [0, 0.05) is 30.6 Å². The van der Waals surface area contributed by atoms with Crippen molar-refractivity contribution in [1.82, 2.24) is 25.4 Å². The fraction of sp³-hybridized carbons (Fsp3) is 0.609. The lowest BCUT2D eigenvalue weighted by atomic mass is 10.1. The van der Waals surface area contributed by atoms with Crippen molar-refractivity contribution in [2.24, 2.45) is 4.99 Å². The molecule has 1 aromatic carbocycles. The van der Waals surface area contributed by atoms with Gasteiger partial charge in [0.25, 0.3) is 0 Å². The molecule has 32 heavy (non-hydrogen) atoms. The van der Waals surface area contributed by atoms with E-state index in [1.165, 1.54) is 12.8 Å². The molecule has 2 aromatic rings. The van der Waals surface area contributed by atoms with Gasteiger partial charge in [-0.15, -0.1) is 24.0 Å². The van der Waals surface area contributed by atoms with Crippen molar-refractivity contribution in [3.8, 4) is 11.5 Å². The number of halogens is 1. The van der Waals surface area contributed by atoms with E-state index in [1.54, 1.807) is 7.11 Å². The van der Waals surface area contributed by atoms with Crippen LogP contribution in [0.1, 0.15) is 56.2 Å². The summed E-state index contributed by atoms with van der Waals surface area (Å²) in [5.74, 6) is 4.42. The first-order valence-corrected chi connectivity index (χ1v) is 11.4. The van der Waals surface area contributed by atoms with Gasteiger partial charge >= 0.3 is 0 Å². The highest BCUT2D eigenvalue weighted by atomic mass is 127. The highest BCUT2D eigenvalue weighted by Gasteiger charge is 2.22. The molecule has 0 amide bonds. The number of nitrogens with zero attached hydrogens (tertiary/aromatic N) is 4. The van der Waals surface area contributed by atoms with Crippen LogP contribution in [-0.2, 0) is 19.5 Å². The predicted molar refractivity (Wildman–Crippen MR) is 136 cm³/mol. The summed E-state index contributed by atoms with van der Waals surface area (Å²) in [5, 5.41) is 11.5. The summed E-state index contributed by atoms with van der Waals surface area (Å²) >= 11 is 0. The van der Waals surface area contributed by atoms with Crippen LogP contribution in [0.2, 0.25) is 0 Å². The molecule has 2 N–H and O–H groups in total. The van der Waals surface area contributed by atoms with E-state index in [1.807, 2.05) is 23.7 Å². The third-order valence-electron chi connectivity index (χ3n) is 5.93. The van der Waals surface area contributed by atoms with Crippen molar-refractivity contribution in [1.29, 1.82) is 0 Å². The minimum absolute atomic E-state index is 0. The van der Waals surface area contributed by atoms with E-state index in [4.69, 9.17) is 14.5 Å². The molecule has 1 atom stereocenters. The van der Waals surface area contributed by atoms with E-state index >= 15 is 0 Å². The van der Waals surface area contributed by atoms with Crippen LogP contribution in [0.15, 0.2) is 23.2 Å². The van der Waals surface area contributed by atoms with Gasteiger partial charge in [-0.3, -0.25) is 0 Å². The molecule has 1 aromatic heterocycles. The summed E-state index contributed by atoms with van der Waals surface area (Å²) in [5.41, 5.74) is 1.07. The number of benzene rings is 1. The van der Waals surface area contributed by atoms with Crippen LogP contribution in [-0.4, -0.2) is 46.5 Å². The standard InChI is InChI=1S/C23H34N6O2.HI/c1-4-24-23(27-18-10-12-22-26-16(2)28-29(22)15-18)25-14-17-9-11-20(30-3)13-21(17)31-19-7-5-6-8-19;/h9,11,13,18-19H,4-8,10,12,14-15H2,1-3H3,(H2,24,25,27);1H. The number of aromatic nitrogens is 3. The molecule has 0 spiro atoms. The first kappa shape index (κ1) is 24.6. The Morgan fingerprint density at radius 1 is 1.25 bits per heavy atom. The summed E-state index contributed by atoms with van der Waals surface area (Å²) in [6.45, 7) is 6.18. The molecule has 4 rings (SSSR count). The first-order chi connectivity index (χ1) is 15.1. The van der Waals surface area contributed by atoms with Gasteiger partial charge in [-0.05, 0) is 58.1 Å². The first-order valence-electron chi connectivity index (χ1n) is 11.4. The lowest BCUT2D eigenvalue weighted by Gasteiger charge is -2.25. The molecule has 1 saturated carbocycles. The van der Waals surface area contributed by atoms with E-state index in [0.717, 1.165) is 73.4 Å². The second-order valence-electron chi connectivity index (χ2n) is 8.33. The van der Waals surface area contributed by atoms with E-state index in [0.29, 0.717) is 12.6 Å². The van der Waals surface area contributed by atoms with Crippen molar-refractivity contribution >= 4 is 29.9 Å². The molecule has 0 radical (unpaired) electrons. The molecule has 0 bridgehead atoms. The van der Waals surface area contributed by atoms with Crippen LogP contribution in [0.5, 0.6) is 11.5 Å². The SMILES string of the molecule is CCNC(=NCc1ccc(OC)cc1OC1CCCC1)NC1CCc2nc(C)nn2C1.I. The lowest BCUT2D eigenvalue weighted by Crippen LogP contribution is -2.47. The molecule has 9 heteroatoms. The number of nitrogens with one attached hydrogen (secondary N) is 2. The van der Waals surface area contributed by atoms with Crippen LogP contribution >= 0.6 is 24.0 Å². The Morgan fingerprint density at radius 3 is 2.81 bits per heavy atom. The molecule has 2 aliphatic rings. The Labute approximate surface area is 207 Å². The smallest absolute Gasteiger partial charge is 0.191 e. The second kappa shape index (κ2) is 11.7. The minimum Gasteiger partial charge on any atom is -0.497 e. The Morgan fingerprint density at radius 2 is 2.06 bits per heavy atom. The van der Waals surface area contributed by atoms with Crippen molar-refractivity contribution in [2.45, 2.75) is 77.6 Å². The topological polar surface area (TPSA) is 85.6 Å². The predicted octanol–water partition coefficient (Wildman–Crippen LogP) is 3.60. The number of methoxy groups -OCH3 is 1. The average molecular weight is 554 g/mol. The number of aliphatic imine (C=N–C) groups is 1. The molecule has 1 unspecified atom stereocenters. The number of ether oxygens (including phenoxy) is 2. The minimum atomic E-state index is 0. The third kappa shape index (κ3) is 6.26. The highest BCUT2D eigenvalue weighted by Crippen LogP contribution is 2.30. The van der Waals surface area contributed by atoms with Gasteiger partial charge in [0.2, 0.25) is 0 Å². The van der Waals surface area contributed by atoms with Gasteiger partial charge in [-0.2, -0.15) is 5.10 Å². The molecule has 1 aliphatic heterocycles. The molecule has 1 fully saturated rings. The molecule has 1 aliphatic carbocycles. The Hall–Kier alpha value is -2.04. The molecule has 2 heterocycles. The van der Waals surface area contributed by atoms with Gasteiger partial charge in [0.1, 0.15) is 23.1 Å². The van der Waals surface area contributed by atoms with Crippen LogP contribution in [0, 0.1) is 6.92 Å². The molecular weight excluding hydrogens is 519 g/mol. The van der Waals surface area contributed by atoms with Crippen LogP contribution < -0.4 is 20.1 Å². The molecule has 8 nitrogen and oxygen atoms in total. The molecule has 176 valence electrons. The van der Waals surface area contributed by atoms with E-state index in [9.17, 15) is 0 Å². The number of aryl methyl sites for hydroxylation is 2. The maximum absolute atomic E-state index is 6.32. The zero-order valence-electron chi connectivity index (χ0n) is 19.3. The van der Waals surface area contributed by atoms with Crippen molar-refractivity contribution in [3.05, 3.63) is 35.4 Å². The van der Waals surface area contributed by atoms with Crippen LogP contribution in [0.3, 0.4) is 0 Å². The van der Waals surface area contributed by atoms with Crippen molar-refractivity contribution < 1.29 is 9.47 Å². The summed E-state index contributed by atoms with van der Waals surface area (Å²) in [4.78, 5) is 9.36. The monoisotopic (exact) mass is 554 g/mol. The summed E-state index contributed by atoms with van der Waals surface area (Å²) in [6.07, 6.45) is 6.96. The lowest BCUT2D eigenvalue weighted by molar-refractivity contribution is 0.207. The van der Waals surface area contributed by atoms with Gasteiger partial charge in [0.05, 0.1) is 26.3 Å². The number of guanidine groups is 1. The number of hydrogen-bond donors (Lipinski definition) is 2. The Bertz CT molecular complexity index is 910. The summed E-state index contributed by atoms with van der Waals surface area (Å²) in [7, 11) is 1.69. The quantitative estimate of drug-likeness (QED) is 0.309. The maximum atomic E-state index is 6.32. The van der Waals surface area contributed by atoms with Gasteiger partial charge in [0.15, 0.2) is 5.96 Å². The summed E-state index contributed by atoms with van der Waals surface area (Å²) < 4.78 is 13.8. The van der Waals surface area contributed by atoms with Crippen LogP contribution in [0.4, 0.5) is 0 Å². The maximum Gasteiger partial charge on any atom is 0.191 e. The van der Waals surface area contributed by atoms with Crippen LogP contribution in [0.25, 0.3) is 0 Å².